The molecule has 0 bridgehead atoms. The van der Waals surface area contributed by atoms with Gasteiger partial charge in [0, 0.05) is 7.11 Å². The zero-order chi connectivity index (χ0) is 8.54. The summed E-state index contributed by atoms with van der Waals surface area (Å²) in [5, 5.41) is 0. The lowest BCUT2D eigenvalue weighted by Gasteiger charge is -2.10. The lowest BCUT2D eigenvalue weighted by molar-refractivity contribution is 0.239. The molecular weight excluding hydrogens is 163 g/mol. The van der Waals surface area contributed by atoms with Gasteiger partial charge in [0.15, 0.2) is 0 Å². The molecule has 4 heteroatoms. The van der Waals surface area contributed by atoms with Crippen LogP contribution < -0.4 is 0 Å². The molecule has 1 heterocycles. The smallest absolute Gasteiger partial charge is 0.312 e. The average Bonchev–Trinajstić information content (AvgIpc) is 2.30. The van der Waals surface area contributed by atoms with E-state index in [1.165, 1.54) is 7.11 Å². The molecule has 0 radical (unpaired) electrons. The first-order valence-electron chi connectivity index (χ1n) is 3.31. The minimum absolute atomic E-state index is 0.326. The van der Waals surface area contributed by atoms with E-state index >= 15 is 0 Å². The van der Waals surface area contributed by atoms with Crippen molar-refractivity contribution < 1.29 is 13.6 Å². The summed E-state index contributed by atoms with van der Waals surface area (Å²) in [6, 6.07) is 0. The summed E-state index contributed by atoms with van der Waals surface area (Å²) in [4.78, 5) is 0. The van der Waals surface area contributed by atoms with E-state index in [4.69, 9.17) is 15.5 Å². The van der Waals surface area contributed by atoms with Gasteiger partial charge >= 0.3 is 7.60 Å². The van der Waals surface area contributed by atoms with E-state index in [1.54, 1.807) is 0 Å². The van der Waals surface area contributed by atoms with Gasteiger partial charge in [-0.15, -0.1) is 6.42 Å². The van der Waals surface area contributed by atoms with Crippen LogP contribution in [0.4, 0.5) is 0 Å². The Kier molecular flexibility index (Phi) is 2.11. The van der Waals surface area contributed by atoms with Crippen molar-refractivity contribution in [3.63, 3.8) is 0 Å². The van der Waals surface area contributed by atoms with Gasteiger partial charge in [0.25, 0.3) is 0 Å². The predicted molar refractivity (Wildman–Crippen MR) is 42.4 cm³/mol. The van der Waals surface area contributed by atoms with Crippen LogP contribution in [0.15, 0.2) is 0 Å². The SMILES string of the molecule is C#CC1(C)COP(=O)(OC)C1. The second-order valence-corrected chi connectivity index (χ2v) is 5.09. The second-order valence-electron chi connectivity index (χ2n) is 2.93. The van der Waals surface area contributed by atoms with Crippen molar-refractivity contribution in [1.29, 1.82) is 0 Å². The zero-order valence-electron chi connectivity index (χ0n) is 6.66. The molecule has 3 nitrogen and oxygen atoms in total. The topological polar surface area (TPSA) is 35.5 Å². The Hall–Kier alpha value is -0.290. The number of terminal acetylenes is 1. The number of hydrogen-bond acceptors (Lipinski definition) is 3. The highest BCUT2D eigenvalue weighted by atomic mass is 31.2. The second kappa shape index (κ2) is 2.64. The minimum atomic E-state index is -2.83. The van der Waals surface area contributed by atoms with Crippen LogP contribution in [0.5, 0.6) is 0 Å². The molecule has 11 heavy (non-hydrogen) atoms. The predicted octanol–water partition coefficient (Wildman–Crippen LogP) is 1.50. The quantitative estimate of drug-likeness (QED) is 0.446. The molecule has 0 aromatic heterocycles. The Morgan fingerprint density at radius 1 is 1.82 bits per heavy atom. The summed E-state index contributed by atoms with van der Waals surface area (Å²) in [5.74, 6) is 2.55. The Morgan fingerprint density at radius 3 is 2.73 bits per heavy atom. The minimum Gasteiger partial charge on any atom is -0.312 e. The van der Waals surface area contributed by atoms with Gasteiger partial charge in [0.2, 0.25) is 0 Å². The van der Waals surface area contributed by atoms with Gasteiger partial charge in [-0.25, -0.2) is 0 Å². The molecular formula is C7H11O3P. The molecule has 0 spiro atoms. The normalized spacial score (nSPS) is 43.7. The Balaban J connectivity index is 2.76. The van der Waals surface area contributed by atoms with Gasteiger partial charge in [-0.05, 0) is 6.92 Å². The molecule has 0 amide bonds. The Labute approximate surface area is 66.6 Å². The molecule has 62 valence electrons. The van der Waals surface area contributed by atoms with Gasteiger partial charge in [-0.2, -0.15) is 0 Å². The molecule has 1 aliphatic heterocycles. The van der Waals surface area contributed by atoms with E-state index in [0.717, 1.165) is 0 Å². The molecule has 0 aliphatic carbocycles. The fourth-order valence-corrected chi connectivity index (χ4v) is 2.81. The molecule has 0 aromatic rings. The highest BCUT2D eigenvalue weighted by Gasteiger charge is 2.43. The summed E-state index contributed by atoms with van der Waals surface area (Å²) in [6.07, 6.45) is 5.56. The molecule has 0 saturated carbocycles. The third kappa shape index (κ3) is 1.65. The third-order valence-corrected chi connectivity index (χ3v) is 3.91. The van der Waals surface area contributed by atoms with Crippen molar-refractivity contribution >= 4 is 7.60 Å². The third-order valence-electron chi connectivity index (χ3n) is 1.75. The van der Waals surface area contributed by atoms with Crippen LogP contribution in [0, 0.1) is 17.8 Å². The van der Waals surface area contributed by atoms with Gasteiger partial charge in [0.05, 0.1) is 18.2 Å². The largest absolute Gasteiger partial charge is 0.332 e. The molecule has 1 aliphatic rings. The maximum absolute atomic E-state index is 11.4. The first-order chi connectivity index (χ1) is 5.04. The molecule has 0 aromatic carbocycles. The van der Waals surface area contributed by atoms with E-state index in [2.05, 4.69) is 5.92 Å². The van der Waals surface area contributed by atoms with Crippen LogP contribution >= 0.6 is 7.60 Å². The summed E-state index contributed by atoms with van der Waals surface area (Å²) >= 11 is 0. The van der Waals surface area contributed by atoms with Crippen molar-refractivity contribution in [2.75, 3.05) is 19.9 Å². The van der Waals surface area contributed by atoms with E-state index in [1.807, 2.05) is 6.92 Å². The fraction of sp³-hybridized carbons (Fsp3) is 0.714. The highest BCUT2D eigenvalue weighted by Crippen LogP contribution is 2.57. The van der Waals surface area contributed by atoms with E-state index in [0.29, 0.717) is 12.8 Å². The van der Waals surface area contributed by atoms with Crippen molar-refractivity contribution in [2.24, 2.45) is 5.41 Å². The lowest BCUT2D eigenvalue weighted by atomic mass is 9.97. The molecule has 0 N–H and O–H groups in total. The average molecular weight is 174 g/mol. The summed E-state index contributed by atoms with van der Waals surface area (Å²) in [7, 11) is -1.45. The lowest BCUT2D eigenvalue weighted by Crippen LogP contribution is -2.16. The van der Waals surface area contributed by atoms with E-state index in [9.17, 15) is 4.57 Å². The maximum atomic E-state index is 11.4. The van der Waals surface area contributed by atoms with Crippen molar-refractivity contribution in [2.45, 2.75) is 6.92 Å². The van der Waals surface area contributed by atoms with Gasteiger partial charge in [0.1, 0.15) is 0 Å². The van der Waals surface area contributed by atoms with Crippen LogP contribution in [0.25, 0.3) is 0 Å². The van der Waals surface area contributed by atoms with Gasteiger partial charge in [-0.1, -0.05) is 5.92 Å². The fourth-order valence-electron chi connectivity index (χ4n) is 0.964. The maximum Gasteiger partial charge on any atom is 0.332 e. The van der Waals surface area contributed by atoms with Crippen LogP contribution in [0.1, 0.15) is 6.92 Å². The summed E-state index contributed by atoms with van der Waals surface area (Å²) < 4.78 is 21.1. The number of hydrogen-bond donors (Lipinski definition) is 0. The van der Waals surface area contributed by atoms with Gasteiger partial charge < -0.3 is 9.05 Å². The van der Waals surface area contributed by atoms with Crippen LogP contribution in [0.2, 0.25) is 0 Å². The standard InChI is InChI=1S/C7H11O3P/c1-4-7(2)5-10-11(8,6-7)9-3/h1H,5-6H2,2-3H3. The zero-order valence-corrected chi connectivity index (χ0v) is 7.56. The number of rotatable bonds is 1. The first-order valence-corrected chi connectivity index (χ1v) is 5.03. The van der Waals surface area contributed by atoms with Crippen LogP contribution in [-0.2, 0) is 13.6 Å². The Morgan fingerprint density at radius 2 is 2.45 bits per heavy atom. The molecule has 1 rings (SSSR count). The van der Waals surface area contributed by atoms with Crippen molar-refractivity contribution in [1.82, 2.24) is 0 Å². The van der Waals surface area contributed by atoms with Crippen molar-refractivity contribution in [3.05, 3.63) is 0 Å². The molecule has 2 unspecified atom stereocenters. The van der Waals surface area contributed by atoms with Crippen LogP contribution in [0.3, 0.4) is 0 Å². The van der Waals surface area contributed by atoms with E-state index < -0.39 is 13.0 Å². The monoisotopic (exact) mass is 174 g/mol. The van der Waals surface area contributed by atoms with Gasteiger partial charge in [-0.3, -0.25) is 4.57 Å². The van der Waals surface area contributed by atoms with E-state index in [-0.39, 0.29) is 0 Å². The van der Waals surface area contributed by atoms with Crippen LogP contribution in [-0.4, -0.2) is 19.9 Å². The summed E-state index contributed by atoms with van der Waals surface area (Å²) in [6.45, 7) is 2.17. The molecule has 1 fully saturated rings. The van der Waals surface area contributed by atoms with Crippen molar-refractivity contribution in [3.8, 4) is 12.3 Å². The first kappa shape index (κ1) is 8.80. The Bertz CT molecular complexity index is 243. The molecule has 2 atom stereocenters. The molecule has 1 saturated heterocycles. The highest BCUT2D eigenvalue weighted by molar-refractivity contribution is 7.54. The summed E-state index contributed by atoms with van der Waals surface area (Å²) in [5.41, 5.74) is -0.411.